The second-order valence-electron chi connectivity index (χ2n) is 7.56. The fourth-order valence-electron chi connectivity index (χ4n) is 3.95. The van der Waals surface area contributed by atoms with Crippen LogP contribution in [0, 0.1) is 5.92 Å². The predicted octanol–water partition coefficient (Wildman–Crippen LogP) is 6.25. The Hall–Kier alpha value is -2.30. The SMILES string of the molecule is CC.O=C1[C@@H](CCc2cncn2Cc2ccccc2)CCN1Cc1cc(Cl)cc(Cl)c1. The van der Waals surface area contributed by atoms with Crippen molar-refractivity contribution < 1.29 is 4.79 Å². The van der Waals surface area contributed by atoms with Crippen LogP contribution in [-0.2, 0) is 24.3 Å². The van der Waals surface area contributed by atoms with Gasteiger partial charge in [0, 0.05) is 47.5 Å². The van der Waals surface area contributed by atoms with Crippen LogP contribution < -0.4 is 0 Å². The monoisotopic (exact) mass is 457 g/mol. The van der Waals surface area contributed by atoms with Crippen molar-refractivity contribution in [1.29, 1.82) is 0 Å². The second kappa shape index (κ2) is 11.4. The van der Waals surface area contributed by atoms with E-state index in [0.29, 0.717) is 16.6 Å². The topological polar surface area (TPSA) is 38.1 Å². The van der Waals surface area contributed by atoms with E-state index in [2.05, 4.69) is 21.7 Å². The van der Waals surface area contributed by atoms with Gasteiger partial charge in [0.15, 0.2) is 0 Å². The van der Waals surface area contributed by atoms with E-state index in [-0.39, 0.29) is 11.8 Å². The molecule has 1 aromatic heterocycles. The largest absolute Gasteiger partial charge is 0.338 e. The minimum absolute atomic E-state index is 0.0599. The summed E-state index contributed by atoms with van der Waals surface area (Å²) in [6.07, 6.45) is 6.36. The van der Waals surface area contributed by atoms with Crippen LogP contribution in [0.3, 0.4) is 0 Å². The average Bonchev–Trinajstić information content (AvgIpc) is 3.34. The maximum Gasteiger partial charge on any atom is 0.226 e. The van der Waals surface area contributed by atoms with Crippen LogP contribution in [0.15, 0.2) is 61.1 Å². The number of carbonyl (C=O) groups excluding carboxylic acids is 1. The highest BCUT2D eigenvalue weighted by molar-refractivity contribution is 6.34. The molecule has 6 heteroatoms. The van der Waals surface area contributed by atoms with Crippen molar-refractivity contribution in [3.05, 3.63) is 87.9 Å². The molecule has 1 amide bonds. The van der Waals surface area contributed by atoms with E-state index in [4.69, 9.17) is 23.2 Å². The smallest absolute Gasteiger partial charge is 0.226 e. The van der Waals surface area contributed by atoms with Crippen molar-refractivity contribution in [2.45, 2.75) is 46.2 Å². The zero-order valence-electron chi connectivity index (χ0n) is 18.1. The fourth-order valence-corrected chi connectivity index (χ4v) is 4.52. The van der Waals surface area contributed by atoms with Crippen LogP contribution in [0.4, 0.5) is 0 Å². The van der Waals surface area contributed by atoms with Crippen molar-refractivity contribution >= 4 is 29.1 Å². The summed E-state index contributed by atoms with van der Waals surface area (Å²) in [5, 5.41) is 1.20. The van der Waals surface area contributed by atoms with Gasteiger partial charge in [0.05, 0.1) is 6.33 Å². The fraction of sp³-hybridized carbons (Fsp3) is 0.360. The van der Waals surface area contributed by atoms with Crippen molar-refractivity contribution in [3.63, 3.8) is 0 Å². The third-order valence-corrected chi connectivity index (χ3v) is 5.88. The third kappa shape index (κ3) is 6.34. The quantitative estimate of drug-likeness (QED) is 0.420. The normalized spacial score (nSPS) is 15.7. The molecule has 0 spiro atoms. The van der Waals surface area contributed by atoms with E-state index in [9.17, 15) is 4.79 Å². The van der Waals surface area contributed by atoms with Gasteiger partial charge in [0.25, 0.3) is 0 Å². The van der Waals surface area contributed by atoms with E-state index < -0.39 is 0 Å². The predicted molar refractivity (Wildman–Crippen MR) is 127 cm³/mol. The Kier molecular flexibility index (Phi) is 8.56. The molecule has 164 valence electrons. The minimum Gasteiger partial charge on any atom is -0.338 e. The summed E-state index contributed by atoms with van der Waals surface area (Å²) in [6.45, 7) is 6.13. The van der Waals surface area contributed by atoms with Gasteiger partial charge in [-0.25, -0.2) is 4.98 Å². The van der Waals surface area contributed by atoms with Crippen molar-refractivity contribution in [1.82, 2.24) is 14.5 Å². The molecule has 31 heavy (non-hydrogen) atoms. The lowest BCUT2D eigenvalue weighted by molar-refractivity contribution is -0.131. The van der Waals surface area contributed by atoms with Gasteiger partial charge in [-0.15, -0.1) is 0 Å². The van der Waals surface area contributed by atoms with Crippen LogP contribution in [-0.4, -0.2) is 26.9 Å². The van der Waals surface area contributed by atoms with E-state index in [1.807, 2.05) is 61.6 Å². The molecule has 1 atom stereocenters. The van der Waals surface area contributed by atoms with Crippen LogP contribution in [0.5, 0.6) is 0 Å². The Morgan fingerprint density at radius 1 is 1.00 bits per heavy atom. The first-order valence-corrected chi connectivity index (χ1v) is 11.6. The zero-order chi connectivity index (χ0) is 22.2. The minimum atomic E-state index is 0.0599. The molecule has 2 aromatic carbocycles. The number of aryl methyl sites for hydroxylation is 1. The molecule has 0 radical (unpaired) electrons. The standard InChI is InChI=1S/C23H23Cl2N3O.C2H6/c24-20-10-18(11-21(25)12-20)15-27-9-8-19(23(27)29)6-7-22-13-26-16-28(22)14-17-4-2-1-3-5-17;1-2/h1-5,10-13,16,19H,6-9,14-15H2;1-2H3/t19-;/m0./s1. The number of hydrogen-bond donors (Lipinski definition) is 0. The number of hydrogen-bond acceptors (Lipinski definition) is 2. The molecular weight excluding hydrogens is 429 g/mol. The summed E-state index contributed by atoms with van der Waals surface area (Å²) in [7, 11) is 0. The van der Waals surface area contributed by atoms with Crippen molar-refractivity contribution in [2.75, 3.05) is 6.54 Å². The van der Waals surface area contributed by atoms with Gasteiger partial charge in [-0.2, -0.15) is 0 Å². The molecule has 1 aliphatic rings. The van der Waals surface area contributed by atoms with Gasteiger partial charge < -0.3 is 9.47 Å². The second-order valence-corrected chi connectivity index (χ2v) is 8.43. The van der Waals surface area contributed by atoms with Crippen LogP contribution in [0.25, 0.3) is 0 Å². The summed E-state index contributed by atoms with van der Waals surface area (Å²) < 4.78 is 2.17. The number of imidazole rings is 1. The maximum atomic E-state index is 12.9. The van der Waals surface area contributed by atoms with E-state index in [0.717, 1.165) is 37.9 Å². The number of carbonyl (C=O) groups is 1. The number of likely N-dealkylation sites (tertiary alicyclic amines) is 1. The molecule has 1 fully saturated rings. The van der Waals surface area contributed by atoms with Crippen molar-refractivity contribution in [3.8, 4) is 0 Å². The molecule has 1 aliphatic heterocycles. The van der Waals surface area contributed by atoms with Gasteiger partial charge in [-0.1, -0.05) is 67.4 Å². The summed E-state index contributed by atoms with van der Waals surface area (Å²) >= 11 is 12.2. The molecule has 0 bridgehead atoms. The molecular formula is C25H29Cl2N3O. The van der Waals surface area contributed by atoms with Gasteiger partial charge in [0.1, 0.15) is 0 Å². The summed E-state index contributed by atoms with van der Waals surface area (Å²) in [5.74, 6) is 0.278. The van der Waals surface area contributed by atoms with Gasteiger partial charge in [-0.3, -0.25) is 4.79 Å². The first-order valence-electron chi connectivity index (χ1n) is 10.8. The first-order chi connectivity index (χ1) is 15.1. The molecule has 3 aromatic rings. The number of rotatable bonds is 7. The Bertz CT molecular complexity index is 967. The molecule has 4 rings (SSSR count). The number of halogens is 2. The highest BCUT2D eigenvalue weighted by atomic mass is 35.5. The Morgan fingerprint density at radius 3 is 2.42 bits per heavy atom. The highest BCUT2D eigenvalue weighted by Gasteiger charge is 2.31. The highest BCUT2D eigenvalue weighted by Crippen LogP contribution is 2.27. The van der Waals surface area contributed by atoms with Crippen molar-refractivity contribution in [2.24, 2.45) is 5.92 Å². The van der Waals surface area contributed by atoms with E-state index in [1.54, 1.807) is 6.07 Å². The summed E-state index contributed by atoms with van der Waals surface area (Å²) in [4.78, 5) is 19.1. The lowest BCUT2D eigenvalue weighted by Gasteiger charge is -2.17. The van der Waals surface area contributed by atoms with Crippen LogP contribution >= 0.6 is 23.2 Å². The molecule has 0 saturated carbocycles. The lowest BCUT2D eigenvalue weighted by Crippen LogP contribution is -2.27. The Morgan fingerprint density at radius 2 is 1.71 bits per heavy atom. The van der Waals surface area contributed by atoms with Crippen LogP contribution in [0.1, 0.15) is 43.5 Å². The number of amides is 1. The molecule has 1 saturated heterocycles. The summed E-state index contributed by atoms with van der Waals surface area (Å²) in [6, 6.07) is 15.8. The van der Waals surface area contributed by atoms with E-state index >= 15 is 0 Å². The maximum absolute atomic E-state index is 12.9. The Labute approximate surface area is 194 Å². The zero-order valence-corrected chi connectivity index (χ0v) is 19.6. The number of benzene rings is 2. The Balaban J connectivity index is 0.00000132. The third-order valence-electron chi connectivity index (χ3n) is 5.45. The first kappa shape index (κ1) is 23.4. The summed E-state index contributed by atoms with van der Waals surface area (Å²) in [5.41, 5.74) is 3.38. The molecule has 4 nitrogen and oxygen atoms in total. The van der Waals surface area contributed by atoms with Gasteiger partial charge in [-0.05, 0) is 48.6 Å². The molecule has 0 N–H and O–H groups in total. The van der Waals surface area contributed by atoms with E-state index in [1.165, 1.54) is 11.3 Å². The molecule has 2 heterocycles. The average molecular weight is 458 g/mol. The molecule has 0 unspecified atom stereocenters. The number of aromatic nitrogens is 2. The lowest BCUT2D eigenvalue weighted by atomic mass is 10.0. The molecule has 0 aliphatic carbocycles. The van der Waals surface area contributed by atoms with Gasteiger partial charge in [0.2, 0.25) is 5.91 Å². The van der Waals surface area contributed by atoms with Crippen LogP contribution in [0.2, 0.25) is 10.0 Å². The number of nitrogens with zero attached hydrogens (tertiary/aromatic N) is 3. The van der Waals surface area contributed by atoms with Gasteiger partial charge >= 0.3 is 0 Å².